The van der Waals surface area contributed by atoms with Crippen LogP contribution in [-0.4, -0.2) is 22.2 Å². The van der Waals surface area contributed by atoms with Crippen molar-refractivity contribution in [3.63, 3.8) is 0 Å². The zero-order valence-corrected chi connectivity index (χ0v) is 15.9. The molecule has 0 fully saturated rings. The van der Waals surface area contributed by atoms with Crippen molar-refractivity contribution in [3.8, 4) is 0 Å². The SMILES string of the molecule is Cc1cc(C)cc(C(=O)NCC(c2cccs2)n2nc(C)cc2C)c1. The molecule has 5 heteroatoms. The van der Waals surface area contributed by atoms with Gasteiger partial charge in [-0.25, -0.2) is 0 Å². The first-order valence-electron chi connectivity index (χ1n) is 8.36. The number of nitrogens with one attached hydrogen (secondary N) is 1. The van der Waals surface area contributed by atoms with Crippen LogP contribution in [-0.2, 0) is 0 Å². The Morgan fingerprint density at radius 2 is 1.88 bits per heavy atom. The van der Waals surface area contributed by atoms with Crippen molar-refractivity contribution >= 4 is 17.2 Å². The summed E-state index contributed by atoms with van der Waals surface area (Å²) in [5, 5.41) is 9.76. The number of aryl methyl sites for hydroxylation is 4. The maximum Gasteiger partial charge on any atom is 0.251 e. The van der Waals surface area contributed by atoms with Crippen molar-refractivity contribution in [2.75, 3.05) is 6.54 Å². The molecule has 0 radical (unpaired) electrons. The Morgan fingerprint density at radius 3 is 2.44 bits per heavy atom. The van der Waals surface area contributed by atoms with Crippen LogP contribution in [0.15, 0.2) is 41.8 Å². The molecule has 1 unspecified atom stereocenters. The number of benzene rings is 1. The maximum absolute atomic E-state index is 12.6. The molecule has 1 N–H and O–H groups in total. The lowest BCUT2D eigenvalue weighted by molar-refractivity contribution is 0.0949. The molecule has 1 amide bonds. The van der Waals surface area contributed by atoms with Crippen LogP contribution in [0.3, 0.4) is 0 Å². The van der Waals surface area contributed by atoms with E-state index in [-0.39, 0.29) is 11.9 Å². The minimum absolute atomic E-state index is 0.00329. The van der Waals surface area contributed by atoms with Gasteiger partial charge in [-0.3, -0.25) is 9.48 Å². The van der Waals surface area contributed by atoms with Crippen molar-refractivity contribution in [1.29, 1.82) is 0 Å². The number of carbonyl (C=O) groups is 1. The summed E-state index contributed by atoms with van der Waals surface area (Å²) in [7, 11) is 0. The summed E-state index contributed by atoms with van der Waals surface area (Å²) in [6.45, 7) is 8.56. The van der Waals surface area contributed by atoms with Gasteiger partial charge in [-0.2, -0.15) is 5.10 Å². The Morgan fingerprint density at radius 1 is 1.16 bits per heavy atom. The average molecular weight is 353 g/mol. The van der Waals surface area contributed by atoms with Gasteiger partial charge in [0.25, 0.3) is 5.91 Å². The summed E-state index contributed by atoms with van der Waals surface area (Å²) in [6, 6.07) is 12.1. The number of carbonyl (C=O) groups excluding carboxylic acids is 1. The predicted molar refractivity (Wildman–Crippen MR) is 102 cm³/mol. The minimum Gasteiger partial charge on any atom is -0.350 e. The van der Waals surface area contributed by atoms with Crippen LogP contribution in [0.1, 0.15) is 43.8 Å². The van der Waals surface area contributed by atoms with Crippen molar-refractivity contribution < 1.29 is 4.79 Å². The molecule has 0 bridgehead atoms. The number of rotatable bonds is 5. The van der Waals surface area contributed by atoms with Gasteiger partial charge in [0, 0.05) is 22.7 Å². The molecule has 3 rings (SSSR count). The molecule has 25 heavy (non-hydrogen) atoms. The van der Waals surface area contributed by atoms with Gasteiger partial charge < -0.3 is 5.32 Å². The molecule has 130 valence electrons. The predicted octanol–water partition coefficient (Wildman–Crippen LogP) is 4.20. The molecule has 0 spiro atoms. The largest absolute Gasteiger partial charge is 0.350 e. The third-order valence-electron chi connectivity index (χ3n) is 4.15. The first kappa shape index (κ1) is 17.4. The quantitative estimate of drug-likeness (QED) is 0.747. The lowest BCUT2D eigenvalue weighted by Gasteiger charge is -2.19. The highest BCUT2D eigenvalue weighted by molar-refractivity contribution is 7.10. The molecule has 0 saturated carbocycles. The molecule has 0 aliphatic heterocycles. The van der Waals surface area contributed by atoms with E-state index in [1.165, 1.54) is 4.88 Å². The van der Waals surface area contributed by atoms with Gasteiger partial charge in [-0.05, 0) is 57.3 Å². The van der Waals surface area contributed by atoms with Crippen molar-refractivity contribution in [2.24, 2.45) is 0 Å². The number of aromatic nitrogens is 2. The Bertz CT molecular complexity index is 860. The van der Waals surface area contributed by atoms with Gasteiger partial charge in [0.1, 0.15) is 6.04 Å². The number of thiophene rings is 1. The van der Waals surface area contributed by atoms with Crippen LogP contribution in [0.4, 0.5) is 0 Å². The Balaban J connectivity index is 1.82. The zero-order chi connectivity index (χ0) is 18.0. The van der Waals surface area contributed by atoms with E-state index < -0.39 is 0 Å². The standard InChI is InChI=1S/C20H23N3OS/c1-13-8-14(2)10-17(9-13)20(24)21-12-18(19-6-5-7-25-19)23-16(4)11-15(3)22-23/h5-11,18H,12H2,1-4H3,(H,21,24). The summed E-state index contributed by atoms with van der Waals surface area (Å²) in [4.78, 5) is 13.8. The average Bonchev–Trinajstić information content (AvgIpc) is 3.17. The third-order valence-corrected chi connectivity index (χ3v) is 5.12. The molecule has 0 saturated heterocycles. The normalized spacial score (nSPS) is 12.2. The van der Waals surface area contributed by atoms with Gasteiger partial charge in [-0.1, -0.05) is 23.3 Å². The molecule has 3 aromatic rings. The Hall–Kier alpha value is -2.40. The molecular weight excluding hydrogens is 330 g/mol. The number of hydrogen-bond acceptors (Lipinski definition) is 3. The Labute approximate surface area is 152 Å². The van der Waals surface area contributed by atoms with Crippen LogP contribution < -0.4 is 5.32 Å². The third kappa shape index (κ3) is 3.99. The molecule has 1 atom stereocenters. The fourth-order valence-corrected chi connectivity index (χ4v) is 3.96. The summed E-state index contributed by atoms with van der Waals surface area (Å²) >= 11 is 1.68. The summed E-state index contributed by atoms with van der Waals surface area (Å²) in [5.41, 5.74) is 4.98. The molecule has 1 aromatic carbocycles. The van der Waals surface area contributed by atoms with Crippen molar-refractivity contribution in [1.82, 2.24) is 15.1 Å². The molecule has 2 heterocycles. The summed E-state index contributed by atoms with van der Waals surface area (Å²) in [6.07, 6.45) is 0. The van der Waals surface area contributed by atoms with Crippen molar-refractivity contribution in [2.45, 2.75) is 33.7 Å². The molecule has 0 aliphatic rings. The van der Waals surface area contributed by atoms with E-state index in [1.54, 1.807) is 11.3 Å². The van der Waals surface area contributed by atoms with Gasteiger partial charge in [0.05, 0.1) is 5.69 Å². The molecular formula is C20H23N3OS. The number of nitrogens with zero attached hydrogens (tertiary/aromatic N) is 2. The van der Waals surface area contributed by atoms with Crippen LogP contribution >= 0.6 is 11.3 Å². The van der Waals surface area contributed by atoms with E-state index in [0.29, 0.717) is 12.1 Å². The second-order valence-corrected chi connectivity index (χ2v) is 7.47. The highest BCUT2D eigenvalue weighted by atomic mass is 32.1. The van der Waals surface area contributed by atoms with Gasteiger partial charge in [0.15, 0.2) is 0 Å². The van der Waals surface area contributed by atoms with Crippen LogP contribution in [0, 0.1) is 27.7 Å². The van der Waals surface area contributed by atoms with Crippen LogP contribution in [0.25, 0.3) is 0 Å². The fourth-order valence-electron chi connectivity index (χ4n) is 3.15. The van der Waals surface area contributed by atoms with Crippen molar-refractivity contribution in [3.05, 3.63) is 74.7 Å². The topological polar surface area (TPSA) is 46.9 Å². The highest BCUT2D eigenvalue weighted by Crippen LogP contribution is 2.24. The summed E-state index contributed by atoms with van der Waals surface area (Å²) in [5.74, 6) is -0.0464. The number of amides is 1. The van der Waals surface area contributed by atoms with Gasteiger partial charge in [0.2, 0.25) is 0 Å². The second kappa shape index (κ2) is 7.23. The molecule has 4 nitrogen and oxygen atoms in total. The van der Waals surface area contributed by atoms with E-state index in [9.17, 15) is 4.79 Å². The monoisotopic (exact) mass is 353 g/mol. The fraction of sp³-hybridized carbons (Fsp3) is 0.300. The first-order chi connectivity index (χ1) is 11.9. The van der Waals surface area contributed by atoms with Crippen LogP contribution in [0.2, 0.25) is 0 Å². The Kier molecular flexibility index (Phi) is 5.04. The smallest absolute Gasteiger partial charge is 0.251 e. The maximum atomic E-state index is 12.6. The van der Waals surface area contributed by atoms with E-state index in [4.69, 9.17) is 0 Å². The van der Waals surface area contributed by atoms with Crippen LogP contribution in [0.5, 0.6) is 0 Å². The molecule has 2 aromatic heterocycles. The van der Waals surface area contributed by atoms with Gasteiger partial charge in [-0.15, -0.1) is 11.3 Å². The van der Waals surface area contributed by atoms with E-state index in [1.807, 2.05) is 50.6 Å². The molecule has 0 aliphatic carbocycles. The number of hydrogen-bond donors (Lipinski definition) is 1. The highest BCUT2D eigenvalue weighted by Gasteiger charge is 2.19. The lowest BCUT2D eigenvalue weighted by atomic mass is 10.1. The van der Waals surface area contributed by atoms with Gasteiger partial charge >= 0.3 is 0 Å². The van der Waals surface area contributed by atoms with E-state index in [0.717, 1.165) is 22.5 Å². The van der Waals surface area contributed by atoms with E-state index in [2.05, 4.69) is 34.0 Å². The minimum atomic E-state index is -0.0464. The zero-order valence-electron chi connectivity index (χ0n) is 15.0. The first-order valence-corrected chi connectivity index (χ1v) is 9.24. The summed E-state index contributed by atoms with van der Waals surface area (Å²) < 4.78 is 2.00. The lowest BCUT2D eigenvalue weighted by Crippen LogP contribution is -2.32. The second-order valence-electron chi connectivity index (χ2n) is 6.49. The van der Waals surface area contributed by atoms with E-state index >= 15 is 0 Å².